The van der Waals surface area contributed by atoms with Gasteiger partial charge in [0.05, 0.1) is 17.1 Å². The maximum absolute atomic E-state index is 12.9. The number of halogens is 1. The van der Waals surface area contributed by atoms with Crippen molar-refractivity contribution in [1.29, 1.82) is 0 Å². The van der Waals surface area contributed by atoms with Gasteiger partial charge in [-0.05, 0) is 68.8 Å². The first-order valence-corrected chi connectivity index (χ1v) is 10.8. The summed E-state index contributed by atoms with van der Waals surface area (Å²) in [7, 11) is -3.63. The molecule has 0 saturated carbocycles. The number of ether oxygens (including phenoxy) is 1. The van der Waals surface area contributed by atoms with Gasteiger partial charge in [-0.3, -0.25) is 4.79 Å². The zero-order chi connectivity index (χ0) is 20.5. The molecule has 0 radical (unpaired) electrons. The summed E-state index contributed by atoms with van der Waals surface area (Å²) in [6.07, 6.45) is -0.322. The number of hydrogen-bond acceptors (Lipinski definition) is 4. The maximum atomic E-state index is 12.9. The Kier molecular flexibility index (Phi) is 6.09. The molecule has 150 valence electrons. The van der Waals surface area contributed by atoms with Crippen LogP contribution in [0, 0.1) is 6.92 Å². The molecule has 1 N–H and O–H groups in total. The van der Waals surface area contributed by atoms with Gasteiger partial charge in [-0.1, -0.05) is 11.6 Å². The van der Waals surface area contributed by atoms with Gasteiger partial charge in [-0.15, -0.1) is 0 Å². The van der Waals surface area contributed by atoms with Crippen LogP contribution in [0.4, 0.5) is 5.69 Å². The second-order valence-electron chi connectivity index (χ2n) is 7.02. The van der Waals surface area contributed by atoms with E-state index < -0.39 is 10.0 Å². The Morgan fingerprint density at radius 1 is 1.11 bits per heavy atom. The summed E-state index contributed by atoms with van der Waals surface area (Å²) in [5.41, 5.74) is 1.87. The zero-order valence-corrected chi connectivity index (χ0v) is 17.5. The molecule has 1 aliphatic heterocycles. The Morgan fingerprint density at radius 3 is 2.29 bits per heavy atom. The lowest BCUT2D eigenvalue weighted by Crippen LogP contribution is -2.48. The molecule has 1 aliphatic rings. The van der Waals surface area contributed by atoms with Gasteiger partial charge in [0.25, 0.3) is 5.91 Å². The highest BCUT2D eigenvalue weighted by atomic mass is 35.5. The van der Waals surface area contributed by atoms with Crippen molar-refractivity contribution >= 4 is 33.2 Å². The molecule has 1 fully saturated rings. The molecule has 0 unspecified atom stereocenters. The van der Waals surface area contributed by atoms with Crippen molar-refractivity contribution in [3.05, 3.63) is 58.6 Å². The van der Waals surface area contributed by atoms with Crippen LogP contribution in [0.3, 0.4) is 0 Å². The molecule has 1 saturated heterocycles. The molecular weight excluding hydrogens is 400 g/mol. The van der Waals surface area contributed by atoms with Crippen molar-refractivity contribution < 1.29 is 17.9 Å². The first kappa shape index (κ1) is 20.8. The molecule has 3 rings (SSSR count). The largest absolute Gasteiger partial charge is 0.373 e. The molecule has 28 heavy (non-hydrogen) atoms. The Balaban J connectivity index is 1.76. The molecule has 2 aromatic rings. The highest BCUT2D eigenvalue weighted by molar-refractivity contribution is 7.89. The lowest BCUT2D eigenvalue weighted by atomic mass is 10.1. The van der Waals surface area contributed by atoms with Gasteiger partial charge < -0.3 is 10.1 Å². The van der Waals surface area contributed by atoms with E-state index in [-0.39, 0.29) is 23.0 Å². The fourth-order valence-electron chi connectivity index (χ4n) is 3.22. The third-order valence-corrected chi connectivity index (χ3v) is 6.66. The van der Waals surface area contributed by atoms with Crippen LogP contribution in [-0.4, -0.2) is 43.9 Å². The fourth-order valence-corrected chi connectivity index (χ4v) is 5.03. The normalized spacial score (nSPS) is 20.7. The number of benzene rings is 2. The number of sulfonamides is 1. The number of nitrogens with zero attached hydrogens (tertiary/aromatic N) is 1. The number of aryl methyl sites for hydroxylation is 1. The Bertz CT molecular complexity index is 966. The average molecular weight is 423 g/mol. The number of amides is 1. The van der Waals surface area contributed by atoms with Crippen molar-refractivity contribution in [2.75, 3.05) is 18.4 Å². The maximum Gasteiger partial charge on any atom is 0.255 e. The van der Waals surface area contributed by atoms with E-state index >= 15 is 0 Å². The fraction of sp³-hybridized carbons (Fsp3) is 0.350. The summed E-state index contributed by atoms with van der Waals surface area (Å²) in [6.45, 7) is 6.17. The molecule has 8 heteroatoms. The predicted octanol–water partition coefficient (Wildman–Crippen LogP) is 3.70. The van der Waals surface area contributed by atoms with E-state index in [9.17, 15) is 13.2 Å². The minimum atomic E-state index is -3.63. The van der Waals surface area contributed by atoms with E-state index in [0.717, 1.165) is 5.56 Å². The molecule has 0 aromatic heterocycles. The topological polar surface area (TPSA) is 75.7 Å². The minimum absolute atomic E-state index is 0.160. The second-order valence-corrected chi connectivity index (χ2v) is 9.39. The monoisotopic (exact) mass is 422 g/mol. The lowest BCUT2D eigenvalue weighted by molar-refractivity contribution is -0.0440. The molecule has 1 heterocycles. The van der Waals surface area contributed by atoms with Crippen LogP contribution in [0.5, 0.6) is 0 Å². The van der Waals surface area contributed by atoms with E-state index in [4.69, 9.17) is 16.3 Å². The van der Waals surface area contributed by atoms with Gasteiger partial charge in [-0.25, -0.2) is 8.42 Å². The van der Waals surface area contributed by atoms with Crippen molar-refractivity contribution in [2.24, 2.45) is 0 Å². The Labute approximate surface area is 170 Å². The van der Waals surface area contributed by atoms with Gasteiger partial charge >= 0.3 is 0 Å². The van der Waals surface area contributed by atoms with Crippen LogP contribution >= 0.6 is 11.6 Å². The number of nitrogens with one attached hydrogen (secondary N) is 1. The molecular formula is C20H23ClN2O4S. The van der Waals surface area contributed by atoms with Crippen LogP contribution in [0.1, 0.15) is 29.8 Å². The molecule has 6 nitrogen and oxygen atoms in total. The highest BCUT2D eigenvalue weighted by Crippen LogP contribution is 2.23. The summed E-state index contributed by atoms with van der Waals surface area (Å²) < 4.78 is 32.8. The summed E-state index contributed by atoms with van der Waals surface area (Å²) in [6, 6.07) is 11.1. The number of carbonyl (C=O) groups excluding carboxylic acids is 1. The van der Waals surface area contributed by atoms with Gasteiger partial charge in [0, 0.05) is 29.4 Å². The number of morpholine rings is 1. The summed E-state index contributed by atoms with van der Waals surface area (Å²) in [5, 5.41) is 3.41. The number of carbonyl (C=O) groups is 1. The van der Waals surface area contributed by atoms with Crippen molar-refractivity contribution in [3.63, 3.8) is 0 Å². The number of anilines is 1. The molecule has 2 atom stereocenters. The van der Waals surface area contributed by atoms with Crippen LogP contribution in [0.25, 0.3) is 0 Å². The van der Waals surface area contributed by atoms with E-state index in [2.05, 4.69) is 5.32 Å². The van der Waals surface area contributed by atoms with Crippen molar-refractivity contribution in [1.82, 2.24) is 4.31 Å². The van der Waals surface area contributed by atoms with E-state index in [0.29, 0.717) is 29.4 Å². The predicted molar refractivity (Wildman–Crippen MR) is 109 cm³/mol. The third kappa shape index (κ3) is 4.55. The smallest absolute Gasteiger partial charge is 0.255 e. The van der Waals surface area contributed by atoms with Crippen molar-refractivity contribution in [3.8, 4) is 0 Å². The summed E-state index contributed by atoms with van der Waals surface area (Å²) >= 11 is 5.93. The standard InChI is InChI=1S/C20H23ClN2O4S/c1-13-10-17(21)6-9-19(13)22-20(24)16-4-7-18(8-5-16)28(25,26)23-11-14(2)27-15(3)12-23/h4-10,14-15H,11-12H2,1-3H3,(H,22,24)/t14-,15+. The van der Waals surface area contributed by atoms with Gasteiger partial charge in [0.2, 0.25) is 10.0 Å². The van der Waals surface area contributed by atoms with E-state index in [1.807, 2.05) is 20.8 Å². The average Bonchev–Trinajstić information content (AvgIpc) is 2.63. The van der Waals surface area contributed by atoms with E-state index in [1.165, 1.54) is 28.6 Å². The second kappa shape index (κ2) is 8.21. The summed E-state index contributed by atoms with van der Waals surface area (Å²) in [4.78, 5) is 12.6. The van der Waals surface area contributed by atoms with Crippen LogP contribution in [-0.2, 0) is 14.8 Å². The zero-order valence-electron chi connectivity index (χ0n) is 16.0. The molecule has 0 spiro atoms. The SMILES string of the molecule is Cc1cc(Cl)ccc1NC(=O)c1ccc(S(=O)(=O)N2C[C@@H](C)O[C@@H](C)C2)cc1. The first-order valence-electron chi connectivity index (χ1n) is 9.00. The third-order valence-electron chi connectivity index (χ3n) is 4.58. The van der Waals surface area contributed by atoms with Gasteiger partial charge in [0.1, 0.15) is 0 Å². The summed E-state index contributed by atoms with van der Waals surface area (Å²) in [5.74, 6) is -0.317. The number of hydrogen-bond donors (Lipinski definition) is 1. The van der Waals surface area contributed by atoms with Crippen LogP contribution in [0.2, 0.25) is 5.02 Å². The van der Waals surface area contributed by atoms with Gasteiger partial charge in [-0.2, -0.15) is 4.31 Å². The number of rotatable bonds is 4. The highest BCUT2D eigenvalue weighted by Gasteiger charge is 2.32. The Morgan fingerprint density at radius 2 is 1.71 bits per heavy atom. The van der Waals surface area contributed by atoms with Crippen LogP contribution in [0.15, 0.2) is 47.4 Å². The minimum Gasteiger partial charge on any atom is -0.373 e. The van der Waals surface area contributed by atoms with Gasteiger partial charge in [0.15, 0.2) is 0 Å². The molecule has 0 aliphatic carbocycles. The quantitative estimate of drug-likeness (QED) is 0.815. The van der Waals surface area contributed by atoms with Crippen molar-refractivity contribution in [2.45, 2.75) is 37.9 Å². The lowest BCUT2D eigenvalue weighted by Gasteiger charge is -2.34. The Hall–Kier alpha value is -1.93. The van der Waals surface area contributed by atoms with Crippen LogP contribution < -0.4 is 5.32 Å². The molecule has 1 amide bonds. The molecule has 2 aromatic carbocycles. The molecule has 0 bridgehead atoms. The van der Waals surface area contributed by atoms with E-state index in [1.54, 1.807) is 18.2 Å². The first-order chi connectivity index (χ1) is 13.2.